The molecule has 2 unspecified atom stereocenters. The van der Waals surface area contributed by atoms with Crippen LogP contribution >= 0.6 is 0 Å². The molecule has 28 heavy (non-hydrogen) atoms. The molecule has 0 amide bonds. The van der Waals surface area contributed by atoms with Gasteiger partial charge in [0, 0.05) is 5.25 Å². The summed E-state index contributed by atoms with van der Waals surface area (Å²) in [7, 11) is -4.15. The van der Waals surface area contributed by atoms with E-state index in [2.05, 4.69) is 6.92 Å². The fourth-order valence-corrected chi connectivity index (χ4v) is 4.51. The van der Waals surface area contributed by atoms with Crippen molar-refractivity contribution in [2.24, 2.45) is 0 Å². The van der Waals surface area contributed by atoms with Crippen molar-refractivity contribution in [1.82, 2.24) is 0 Å². The number of aliphatic hydroxyl groups is 1. The summed E-state index contributed by atoms with van der Waals surface area (Å²) in [4.78, 5) is 0. The van der Waals surface area contributed by atoms with Gasteiger partial charge >= 0.3 is 51.4 Å². The van der Waals surface area contributed by atoms with Crippen LogP contribution in [0.15, 0.2) is 0 Å². The molecule has 6 heteroatoms. The molecule has 1 N–H and O–H groups in total. The van der Waals surface area contributed by atoms with E-state index in [0.29, 0.717) is 12.8 Å². The van der Waals surface area contributed by atoms with E-state index in [1.165, 1.54) is 44.9 Å². The Kier molecular flexibility index (Phi) is 24.6. The minimum Gasteiger partial charge on any atom is -0.748 e. The largest absolute Gasteiger partial charge is 1.00 e. The summed E-state index contributed by atoms with van der Waals surface area (Å²) in [6.07, 6.45) is 18.3. The molecule has 0 aliphatic heterocycles. The molecule has 0 radical (unpaired) electrons. The molecular formula is C22H45KO4S. The maximum Gasteiger partial charge on any atom is 1.00 e. The summed E-state index contributed by atoms with van der Waals surface area (Å²) in [6.45, 7) is 4.19. The normalized spacial score (nSPS) is 13.9. The average molecular weight is 445 g/mol. The molecule has 0 saturated heterocycles. The Morgan fingerprint density at radius 3 is 1.39 bits per heavy atom. The maximum absolute atomic E-state index is 11.5. The molecular weight excluding hydrogens is 399 g/mol. The van der Waals surface area contributed by atoms with Crippen molar-refractivity contribution in [2.45, 2.75) is 141 Å². The number of aliphatic hydroxyl groups excluding tert-OH is 1. The third kappa shape index (κ3) is 20.8. The van der Waals surface area contributed by atoms with Gasteiger partial charge in [0.1, 0.15) is 0 Å². The van der Waals surface area contributed by atoms with E-state index in [4.69, 9.17) is 0 Å². The quantitative estimate of drug-likeness (QED) is 0.177. The zero-order valence-electron chi connectivity index (χ0n) is 19.0. The van der Waals surface area contributed by atoms with Crippen molar-refractivity contribution < 1.29 is 69.5 Å². The average Bonchev–Trinajstić information content (AvgIpc) is 2.62. The van der Waals surface area contributed by atoms with Crippen LogP contribution < -0.4 is 51.4 Å². The van der Waals surface area contributed by atoms with Gasteiger partial charge in [0.15, 0.2) is 0 Å². The Morgan fingerprint density at radius 2 is 1.04 bits per heavy atom. The maximum atomic E-state index is 11.5. The van der Waals surface area contributed by atoms with Gasteiger partial charge in [-0.1, -0.05) is 104 Å². The molecule has 0 fully saturated rings. The van der Waals surface area contributed by atoms with Crippen molar-refractivity contribution >= 4 is 10.1 Å². The summed E-state index contributed by atoms with van der Waals surface area (Å²) in [5, 5.41) is 8.82. The Morgan fingerprint density at radius 1 is 0.679 bits per heavy atom. The first-order valence-corrected chi connectivity index (χ1v) is 13.0. The first kappa shape index (κ1) is 31.7. The molecule has 0 aliphatic carbocycles. The molecule has 164 valence electrons. The third-order valence-corrected chi connectivity index (χ3v) is 6.86. The molecule has 0 heterocycles. The molecule has 0 saturated carbocycles. The van der Waals surface area contributed by atoms with E-state index < -0.39 is 15.4 Å². The summed E-state index contributed by atoms with van der Waals surface area (Å²) < 4.78 is 34.4. The summed E-state index contributed by atoms with van der Waals surface area (Å²) in [6, 6.07) is 0. The Labute approximate surface area is 218 Å². The Bertz CT molecular complexity index is 415. The molecule has 0 spiro atoms. The number of unbranched alkanes of at least 4 members (excludes halogenated alkanes) is 12. The SMILES string of the molecule is CCCCCCCCC(CCCCCCCCCCC(O)CC)S(=O)(=O)[O-].[K+]. The third-order valence-electron chi connectivity index (χ3n) is 5.57. The van der Waals surface area contributed by atoms with Crippen LogP contribution in [0.2, 0.25) is 0 Å². The fraction of sp³-hybridized carbons (Fsp3) is 1.00. The zero-order valence-corrected chi connectivity index (χ0v) is 22.9. The minimum atomic E-state index is -4.15. The van der Waals surface area contributed by atoms with Gasteiger partial charge < -0.3 is 9.66 Å². The van der Waals surface area contributed by atoms with Crippen LogP contribution in [0.1, 0.15) is 129 Å². The predicted octanol–water partition coefficient (Wildman–Crippen LogP) is 3.33. The zero-order chi connectivity index (χ0) is 20.4. The standard InChI is InChI=1S/C22H46O4S.K/c1-3-5-6-7-13-16-19-22(27(24,25)26)20-17-14-11-9-8-10-12-15-18-21(23)4-2;/h21-23H,3-20H2,1-2H3,(H,24,25,26);/q;+1/p-1. The second-order valence-corrected chi connectivity index (χ2v) is 9.79. The van der Waals surface area contributed by atoms with Gasteiger partial charge in [-0.15, -0.1) is 0 Å². The molecule has 4 nitrogen and oxygen atoms in total. The van der Waals surface area contributed by atoms with Crippen LogP contribution in [0, 0.1) is 0 Å². The van der Waals surface area contributed by atoms with Crippen molar-refractivity contribution in [3.05, 3.63) is 0 Å². The molecule has 0 aromatic heterocycles. The van der Waals surface area contributed by atoms with Crippen LogP contribution in [0.4, 0.5) is 0 Å². The summed E-state index contributed by atoms with van der Waals surface area (Å²) in [5.74, 6) is 0. The van der Waals surface area contributed by atoms with E-state index in [-0.39, 0.29) is 57.5 Å². The summed E-state index contributed by atoms with van der Waals surface area (Å²) >= 11 is 0. The van der Waals surface area contributed by atoms with Gasteiger partial charge in [0.05, 0.1) is 16.2 Å². The van der Waals surface area contributed by atoms with Crippen LogP contribution in [0.5, 0.6) is 0 Å². The van der Waals surface area contributed by atoms with E-state index in [0.717, 1.165) is 57.8 Å². The van der Waals surface area contributed by atoms with Gasteiger partial charge in [-0.3, -0.25) is 0 Å². The van der Waals surface area contributed by atoms with Crippen LogP contribution in [0.25, 0.3) is 0 Å². The summed E-state index contributed by atoms with van der Waals surface area (Å²) in [5.41, 5.74) is 0. The minimum absolute atomic E-state index is 0. The van der Waals surface area contributed by atoms with Crippen LogP contribution in [-0.2, 0) is 10.1 Å². The molecule has 2 atom stereocenters. The number of rotatable bonds is 20. The van der Waals surface area contributed by atoms with Gasteiger partial charge in [0.2, 0.25) is 0 Å². The Hall–Kier alpha value is 1.51. The van der Waals surface area contributed by atoms with E-state index in [1.807, 2.05) is 6.92 Å². The fourth-order valence-electron chi connectivity index (χ4n) is 3.60. The van der Waals surface area contributed by atoms with E-state index >= 15 is 0 Å². The molecule has 0 aliphatic rings. The van der Waals surface area contributed by atoms with Crippen molar-refractivity contribution in [3.8, 4) is 0 Å². The second kappa shape index (κ2) is 21.7. The number of hydrogen-bond acceptors (Lipinski definition) is 4. The second-order valence-electron chi connectivity index (χ2n) is 8.14. The molecule has 0 rings (SSSR count). The molecule has 0 aromatic rings. The van der Waals surface area contributed by atoms with Crippen molar-refractivity contribution in [2.75, 3.05) is 0 Å². The van der Waals surface area contributed by atoms with E-state index in [9.17, 15) is 18.1 Å². The van der Waals surface area contributed by atoms with Gasteiger partial charge in [-0.05, 0) is 25.7 Å². The molecule has 0 aromatic carbocycles. The topological polar surface area (TPSA) is 77.4 Å². The van der Waals surface area contributed by atoms with Gasteiger partial charge in [0.25, 0.3) is 0 Å². The van der Waals surface area contributed by atoms with Crippen molar-refractivity contribution in [3.63, 3.8) is 0 Å². The predicted molar refractivity (Wildman–Crippen MR) is 114 cm³/mol. The first-order valence-electron chi connectivity index (χ1n) is 11.5. The Balaban J connectivity index is 0. The molecule has 0 bridgehead atoms. The van der Waals surface area contributed by atoms with Crippen molar-refractivity contribution in [1.29, 1.82) is 0 Å². The first-order chi connectivity index (χ1) is 12.9. The van der Waals surface area contributed by atoms with Gasteiger partial charge in [-0.25, -0.2) is 8.42 Å². The van der Waals surface area contributed by atoms with Gasteiger partial charge in [-0.2, -0.15) is 0 Å². The number of hydrogen-bond donors (Lipinski definition) is 1. The monoisotopic (exact) mass is 444 g/mol. The van der Waals surface area contributed by atoms with Crippen LogP contribution in [-0.4, -0.2) is 29.4 Å². The van der Waals surface area contributed by atoms with Crippen LogP contribution in [0.3, 0.4) is 0 Å². The van der Waals surface area contributed by atoms with E-state index in [1.54, 1.807) is 0 Å². The smallest absolute Gasteiger partial charge is 0.748 e.